The predicted octanol–water partition coefficient (Wildman–Crippen LogP) is 4.49. The number of rotatable bonds is 0. The molecule has 0 amide bonds. The van der Waals surface area contributed by atoms with Crippen LogP contribution in [-0.4, -0.2) is 9.97 Å². The van der Waals surface area contributed by atoms with Crippen molar-refractivity contribution in [1.82, 2.24) is 9.97 Å². The number of aromatic nitrogens is 2. The molecule has 21 heavy (non-hydrogen) atoms. The third-order valence-electron chi connectivity index (χ3n) is 4.26. The molecule has 0 spiro atoms. The number of hydrogen-bond acceptors (Lipinski definition) is 3. The third-order valence-corrected chi connectivity index (χ3v) is 5.77. The molecule has 0 saturated carbocycles. The van der Waals surface area contributed by atoms with Crippen LogP contribution in [0.1, 0.15) is 41.2 Å². The molecule has 1 N–H and O–H groups in total. The number of hydrogen-bond donors (Lipinski definition) is 1. The normalized spacial score (nSPS) is 15.5. The van der Waals surface area contributed by atoms with E-state index in [0.717, 1.165) is 21.5 Å². The molecule has 2 heterocycles. The molecule has 0 radical (unpaired) electrons. The Kier molecular flexibility index (Phi) is 2.60. The van der Waals surface area contributed by atoms with Crippen molar-refractivity contribution >= 4 is 38.2 Å². The van der Waals surface area contributed by atoms with Crippen LogP contribution in [0, 0.1) is 11.3 Å². The fraction of sp³-hybridized carbons (Fsp3) is 0.250. The lowest BCUT2D eigenvalue weighted by Crippen LogP contribution is -2.26. The van der Waals surface area contributed by atoms with Crippen LogP contribution in [0.2, 0.25) is 0 Å². The van der Waals surface area contributed by atoms with Gasteiger partial charge >= 0.3 is 0 Å². The molecule has 1 aromatic carbocycles. The second kappa shape index (κ2) is 4.19. The molecular weight excluding hydrogens is 346 g/mol. The summed E-state index contributed by atoms with van der Waals surface area (Å²) in [5, 5.41) is 10.3. The highest BCUT2D eigenvalue weighted by atomic mass is 79.9. The molecule has 0 bridgehead atoms. The topological polar surface area (TPSA) is 52.5 Å². The SMILES string of the molecule is CC1(C)c2nc(Br)sc2Cc2c1[nH]c1cc(C#N)ccc21. The number of nitrogens with zero attached hydrogens (tertiary/aromatic N) is 2. The number of nitriles is 1. The highest BCUT2D eigenvalue weighted by Crippen LogP contribution is 2.45. The molecule has 0 unspecified atom stereocenters. The summed E-state index contributed by atoms with van der Waals surface area (Å²) in [6.07, 6.45) is 0.906. The Balaban J connectivity index is 2.02. The maximum absolute atomic E-state index is 9.06. The average molecular weight is 358 g/mol. The Morgan fingerprint density at radius 3 is 3.00 bits per heavy atom. The highest BCUT2D eigenvalue weighted by Gasteiger charge is 2.37. The number of benzene rings is 1. The number of aromatic amines is 1. The molecule has 0 fully saturated rings. The van der Waals surface area contributed by atoms with E-state index in [1.54, 1.807) is 11.3 Å². The first kappa shape index (κ1) is 13.1. The van der Waals surface area contributed by atoms with E-state index in [-0.39, 0.29) is 5.41 Å². The molecule has 0 saturated heterocycles. The van der Waals surface area contributed by atoms with E-state index in [1.807, 2.05) is 12.1 Å². The first-order valence-electron chi connectivity index (χ1n) is 6.71. The van der Waals surface area contributed by atoms with Gasteiger partial charge in [-0.2, -0.15) is 5.26 Å². The van der Waals surface area contributed by atoms with E-state index in [4.69, 9.17) is 5.26 Å². The minimum absolute atomic E-state index is 0.142. The predicted molar refractivity (Wildman–Crippen MR) is 87.8 cm³/mol. The van der Waals surface area contributed by atoms with Crippen molar-refractivity contribution < 1.29 is 0 Å². The molecule has 3 nitrogen and oxygen atoms in total. The first-order valence-corrected chi connectivity index (χ1v) is 8.32. The zero-order valence-electron chi connectivity index (χ0n) is 11.6. The highest BCUT2D eigenvalue weighted by molar-refractivity contribution is 9.11. The number of halogens is 1. The molecule has 5 heteroatoms. The van der Waals surface area contributed by atoms with Crippen molar-refractivity contribution in [3.8, 4) is 6.07 Å². The quantitative estimate of drug-likeness (QED) is 0.644. The molecule has 104 valence electrons. The fourth-order valence-corrected chi connectivity index (χ4v) is 4.97. The lowest BCUT2D eigenvalue weighted by molar-refractivity contribution is 0.579. The number of H-pyrrole nitrogens is 1. The van der Waals surface area contributed by atoms with E-state index >= 15 is 0 Å². The van der Waals surface area contributed by atoms with Gasteiger partial charge in [0.05, 0.1) is 17.3 Å². The van der Waals surface area contributed by atoms with Crippen molar-refractivity contribution in [2.75, 3.05) is 0 Å². The summed E-state index contributed by atoms with van der Waals surface area (Å²) in [4.78, 5) is 9.52. The van der Waals surface area contributed by atoms with Gasteiger partial charge in [0.25, 0.3) is 0 Å². The zero-order valence-corrected chi connectivity index (χ0v) is 14.0. The van der Waals surface area contributed by atoms with Crippen LogP contribution in [0.5, 0.6) is 0 Å². The molecule has 3 aromatic rings. The van der Waals surface area contributed by atoms with Gasteiger partial charge in [0.1, 0.15) is 0 Å². The standard InChI is InChI=1S/C16H12BrN3S/c1-16(2)13-10(6-12-14(16)20-15(17)21-12)9-4-3-8(7-18)5-11(9)19-13/h3-5,19H,6H2,1-2H3. The molecule has 1 aliphatic carbocycles. The summed E-state index contributed by atoms with van der Waals surface area (Å²) in [7, 11) is 0. The van der Waals surface area contributed by atoms with Crippen LogP contribution >= 0.6 is 27.3 Å². The number of fused-ring (bicyclic) bond motifs is 4. The summed E-state index contributed by atoms with van der Waals surface area (Å²) in [5.74, 6) is 0. The van der Waals surface area contributed by atoms with E-state index in [0.29, 0.717) is 5.56 Å². The minimum atomic E-state index is -0.142. The van der Waals surface area contributed by atoms with Crippen molar-refractivity contribution in [1.29, 1.82) is 5.26 Å². The largest absolute Gasteiger partial charge is 0.357 e. The fourth-order valence-electron chi connectivity index (χ4n) is 3.25. The lowest BCUT2D eigenvalue weighted by atomic mass is 9.77. The van der Waals surface area contributed by atoms with E-state index in [1.165, 1.54) is 21.5 Å². The Morgan fingerprint density at radius 1 is 1.43 bits per heavy atom. The summed E-state index contributed by atoms with van der Waals surface area (Å²) < 4.78 is 0.946. The van der Waals surface area contributed by atoms with Crippen LogP contribution in [0.25, 0.3) is 10.9 Å². The van der Waals surface area contributed by atoms with Crippen molar-refractivity contribution in [3.63, 3.8) is 0 Å². The maximum Gasteiger partial charge on any atom is 0.159 e. The number of thiazole rings is 1. The zero-order chi connectivity index (χ0) is 14.8. The Labute approximate surface area is 134 Å². The lowest BCUT2D eigenvalue weighted by Gasteiger charge is -2.29. The molecular formula is C16H12BrN3S. The first-order chi connectivity index (χ1) is 10.0. The summed E-state index contributed by atoms with van der Waals surface area (Å²) in [6, 6.07) is 8.08. The molecule has 0 aliphatic heterocycles. The molecule has 2 aromatic heterocycles. The molecule has 0 atom stereocenters. The monoisotopic (exact) mass is 357 g/mol. The second-order valence-corrected chi connectivity index (χ2v) is 8.25. The van der Waals surface area contributed by atoms with Gasteiger partial charge in [0.15, 0.2) is 3.92 Å². The average Bonchev–Trinajstić information content (AvgIpc) is 3.00. The van der Waals surface area contributed by atoms with Crippen molar-refractivity contribution in [2.24, 2.45) is 0 Å². The van der Waals surface area contributed by atoms with Gasteiger partial charge in [-0.1, -0.05) is 6.07 Å². The number of nitrogens with one attached hydrogen (secondary N) is 1. The van der Waals surface area contributed by atoms with E-state index < -0.39 is 0 Å². The van der Waals surface area contributed by atoms with Crippen LogP contribution in [0.4, 0.5) is 0 Å². The van der Waals surface area contributed by atoms with Crippen LogP contribution < -0.4 is 0 Å². The Hall–Kier alpha value is -1.64. The Morgan fingerprint density at radius 2 is 2.24 bits per heavy atom. The maximum atomic E-state index is 9.06. The summed E-state index contributed by atoms with van der Waals surface area (Å²) >= 11 is 5.22. The van der Waals surface area contributed by atoms with Gasteiger partial charge in [-0.25, -0.2) is 4.98 Å². The van der Waals surface area contributed by atoms with Gasteiger partial charge in [-0.05, 0) is 47.5 Å². The van der Waals surface area contributed by atoms with Gasteiger partial charge in [-0.15, -0.1) is 11.3 Å². The van der Waals surface area contributed by atoms with Crippen LogP contribution in [0.15, 0.2) is 22.1 Å². The van der Waals surface area contributed by atoms with Crippen molar-refractivity contribution in [2.45, 2.75) is 25.7 Å². The smallest absolute Gasteiger partial charge is 0.159 e. The van der Waals surface area contributed by atoms with Crippen LogP contribution in [-0.2, 0) is 11.8 Å². The third kappa shape index (κ3) is 1.73. The second-order valence-electron chi connectivity index (χ2n) is 5.89. The van der Waals surface area contributed by atoms with Crippen molar-refractivity contribution in [3.05, 3.63) is 49.5 Å². The van der Waals surface area contributed by atoms with E-state index in [2.05, 4.69) is 51.9 Å². The Bertz CT molecular complexity index is 927. The van der Waals surface area contributed by atoms with Gasteiger partial charge < -0.3 is 4.98 Å². The van der Waals surface area contributed by atoms with E-state index in [9.17, 15) is 0 Å². The summed E-state index contributed by atoms with van der Waals surface area (Å²) in [6.45, 7) is 4.41. The van der Waals surface area contributed by atoms with Gasteiger partial charge in [-0.3, -0.25) is 0 Å². The molecule has 1 aliphatic rings. The molecule has 4 rings (SSSR count). The summed E-state index contributed by atoms with van der Waals surface area (Å²) in [5.41, 5.74) is 5.30. The van der Waals surface area contributed by atoms with Gasteiger partial charge in [0.2, 0.25) is 0 Å². The van der Waals surface area contributed by atoms with Gasteiger partial charge in [0, 0.05) is 33.3 Å². The minimum Gasteiger partial charge on any atom is -0.357 e. The van der Waals surface area contributed by atoms with Crippen LogP contribution in [0.3, 0.4) is 0 Å².